The van der Waals surface area contributed by atoms with E-state index in [1.54, 1.807) is 0 Å². The maximum absolute atomic E-state index is 11.7. The van der Waals surface area contributed by atoms with Gasteiger partial charge in [0, 0.05) is 16.8 Å². The average Bonchev–Trinajstić information content (AvgIpc) is 2.96. The van der Waals surface area contributed by atoms with Crippen LogP contribution in [0.15, 0.2) is 29.6 Å². The first-order chi connectivity index (χ1) is 10.5. The monoisotopic (exact) mass is 338 g/mol. The molecule has 116 valence electrons. The van der Waals surface area contributed by atoms with Crippen LogP contribution in [0.5, 0.6) is 0 Å². The minimum absolute atomic E-state index is 0.0111. The molecule has 0 aliphatic heterocycles. The van der Waals surface area contributed by atoms with Crippen LogP contribution in [-0.2, 0) is 17.8 Å². The molecule has 7 heteroatoms. The van der Waals surface area contributed by atoms with Crippen LogP contribution in [0.25, 0.3) is 0 Å². The van der Waals surface area contributed by atoms with E-state index in [-0.39, 0.29) is 18.1 Å². The molecule has 0 aliphatic carbocycles. The maximum Gasteiger partial charge on any atom is 0.355 e. The van der Waals surface area contributed by atoms with Crippen molar-refractivity contribution in [2.75, 3.05) is 0 Å². The minimum atomic E-state index is -1.06. The van der Waals surface area contributed by atoms with Gasteiger partial charge in [0.25, 0.3) is 0 Å². The van der Waals surface area contributed by atoms with E-state index in [1.807, 2.05) is 24.3 Å². The molecule has 0 spiro atoms. The summed E-state index contributed by atoms with van der Waals surface area (Å²) in [6.07, 6.45) is 1.97. The Balaban J connectivity index is 1.69. The highest BCUT2D eigenvalue weighted by Gasteiger charge is 2.09. The molecule has 1 amide bonds. The number of aromatic nitrogens is 1. The second-order valence-corrected chi connectivity index (χ2v) is 6.07. The first kappa shape index (κ1) is 16.5. The zero-order chi connectivity index (χ0) is 15.9. The molecular formula is C15H15ClN2O3S. The molecule has 1 aromatic heterocycles. The zero-order valence-corrected chi connectivity index (χ0v) is 13.3. The number of benzene rings is 1. The van der Waals surface area contributed by atoms with Crippen LogP contribution in [0.2, 0.25) is 5.02 Å². The fourth-order valence-corrected chi connectivity index (χ4v) is 2.69. The average molecular weight is 339 g/mol. The number of aryl methyl sites for hydroxylation is 1. The first-order valence-corrected chi connectivity index (χ1v) is 7.99. The number of hydrogen-bond donors (Lipinski definition) is 2. The number of carboxylic acid groups (broad SMARTS) is 1. The molecule has 0 unspecified atom stereocenters. The van der Waals surface area contributed by atoms with Crippen molar-refractivity contribution in [2.45, 2.75) is 25.8 Å². The van der Waals surface area contributed by atoms with Gasteiger partial charge in [0.05, 0.1) is 6.54 Å². The number of nitrogens with zero attached hydrogens (tertiary/aromatic N) is 1. The number of carbonyl (C=O) groups is 2. The topological polar surface area (TPSA) is 79.3 Å². The van der Waals surface area contributed by atoms with Crippen LogP contribution in [0, 0.1) is 0 Å². The Hall–Kier alpha value is -1.92. The van der Waals surface area contributed by atoms with Gasteiger partial charge in [-0.1, -0.05) is 23.7 Å². The number of rotatable bonds is 7. The van der Waals surface area contributed by atoms with E-state index in [2.05, 4.69) is 10.3 Å². The molecule has 2 rings (SSSR count). The second kappa shape index (κ2) is 7.91. The van der Waals surface area contributed by atoms with Gasteiger partial charge in [0.2, 0.25) is 5.91 Å². The standard InChI is InChI=1S/C15H15ClN2O3S/c16-11-6-4-10(5-7-11)2-1-3-13(19)17-8-14-18-12(9-22-14)15(20)21/h4-7,9H,1-3,8H2,(H,17,19)(H,20,21). The number of amides is 1. The van der Waals surface area contributed by atoms with Crippen LogP contribution in [0.1, 0.15) is 33.9 Å². The Morgan fingerprint density at radius 1 is 1.27 bits per heavy atom. The third-order valence-electron chi connectivity index (χ3n) is 2.99. The number of halogens is 1. The van der Waals surface area contributed by atoms with E-state index < -0.39 is 5.97 Å². The van der Waals surface area contributed by atoms with Crippen molar-refractivity contribution >= 4 is 34.8 Å². The number of thiazole rings is 1. The van der Waals surface area contributed by atoms with Gasteiger partial charge in [-0.25, -0.2) is 9.78 Å². The molecule has 1 aromatic carbocycles. The van der Waals surface area contributed by atoms with E-state index in [0.29, 0.717) is 16.5 Å². The highest BCUT2D eigenvalue weighted by Crippen LogP contribution is 2.12. The molecule has 0 fully saturated rings. The Morgan fingerprint density at radius 3 is 2.64 bits per heavy atom. The molecule has 0 aliphatic rings. The molecule has 0 bridgehead atoms. The number of aromatic carboxylic acids is 1. The number of carboxylic acids is 1. The molecular weight excluding hydrogens is 324 g/mol. The lowest BCUT2D eigenvalue weighted by molar-refractivity contribution is -0.121. The Labute approximate surface area is 137 Å². The van der Waals surface area contributed by atoms with Crippen molar-refractivity contribution in [2.24, 2.45) is 0 Å². The molecule has 0 saturated heterocycles. The lowest BCUT2D eigenvalue weighted by Gasteiger charge is -2.04. The van der Waals surface area contributed by atoms with E-state index in [9.17, 15) is 9.59 Å². The van der Waals surface area contributed by atoms with Gasteiger partial charge in [-0.3, -0.25) is 4.79 Å². The highest BCUT2D eigenvalue weighted by molar-refractivity contribution is 7.09. The zero-order valence-electron chi connectivity index (χ0n) is 11.7. The van der Waals surface area contributed by atoms with Crippen LogP contribution in [0.3, 0.4) is 0 Å². The predicted molar refractivity (Wildman–Crippen MR) is 85.3 cm³/mol. The Bertz CT molecular complexity index is 655. The summed E-state index contributed by atoms with van der Waals surface area (Å²) in [5.74, 6) is -1.13. The van der Waals surface area contributed by atoms with Gasteiger partial charge >= 0.3 is 5.97 Å². The van der Waals surface area contributed by atoms with Gasteiger partial charge in [0.15, 0.2) is 5.69 Å². The van der Waals surface area contributed by atoms with Crippen LogP contribution >= 0.6 is 22.9 Å². The summed E-state index contributed by atoms with van der Waals surface area (Å²) in [5.41, 5.74) is 1.15. The van der Waals surface area contributed by atoms with Crippen LogP contribution in [-0.4, -0.2) is 22.0 Å². The Kier molecular flexibility index (Phi) is 5.91. The lowest BCUT2D eigenvalue weighted by Crippen LogP contribution is -2.22. The maximum atomic E-state index is 11.7. The van der Waals surface area contributed by atoms with Gasteiger partial charge in [0.1, 0.15) is 5.01 Å². The number of carbonyl (C=O) groups excluding carboxylic acids is 1. The summed E-state index contributed by atoms with van der Waals surface area (Å²) < 4.78 is 0. The molecule has 0 saturated carbocycles. The van der Waals surface area contributed by atoms with Crippen molar-refractivity contribution in [1.82, 2.24) is 10.3 Å². The van der Waals surface area contributed by atoms with Crippen molar-refractivity contribution in [1.29, 1.82) is 0 Å². The summed E-state index contributed by atoms with van der Waals surface area (Å²) in [7, 11) is 0. The molecule has 2 aromatic rings. The SMILES string of the molecule is O=C(CCCc1ccc(Cl)cc1)NCc1nc(C(=O)O)cs1. The fraction of sp³-hybridized carbons (Fsp3) is 0.267. The lowest BCUT2D eigenvalue weighted by atomic mass is 10.1. The van der Waals surface area contributed by atoms with Crippen molar-refractivity contribution < 1.29 is 14.7 Å². The van der Waals surface area contributed by atoms with Gasteiger partial charge in [-0.15, -0.1) is 11.3 Å². The van der Waals surface area contributed by atoms with E-state index in [4.69, 9.17) is 16.7 Å². The normalized spacial score (nSPS) is 10.4. The third kappa shape index (κ3) is 5.13. The predicted octanol–water partition coefficient (Wildman–Crippen LogP) is 3.13. The summed E-state index contributed by atoms with van der Waals surface area (Å²) in [4.78, 5) is 26.3. The smallest absolute Gasteiger partial charge is 0.355 e. The largest absolute Gasteiger partial charge is 0.476 e. The summed E-state index contributed by atoms with van der Waals surface area (Å²) in [5, 5.41) is 14.3. The summed E-state index contributed by atoms with van der Waals surface area (Å²) in [6.45, 7) is 0.262. The summed E-state index contributed by atoms with van der Waals surface area (Å²) >= 11 is 7.03. The molecule has 22 heavy (non-hydrogen) atoms. The number of hydrogen-bond acceptors (Lipinski definition) is 4. The van der Waals surface area contributed by atoms with Crippen molar-refractivity contribution in [3.8, 4) is 0 Å². The van der Waals surface area contributed by atoms with Crippen LogP contribution in [0.4, 0.5) is 0 Å². The van der Waals surface area contributed by atoms with Crippen molar-refractivity contribution in [3.63, 3.8) is 0 Å². The van der Waals surface area contributed by atoms with E-state index in [0.717, 1.165) is 18.4 Å². The molecule has 0 radical (unpaired) electrons. The molecule has 1 heterocycles. The van der Waals surface area contributed by atoms with Gasteiger partial charge < -0.3 is 10.4 Å². The number of nitrogens with one attached hydrogen (secondary N) is 1. The van der Waals surface area contributed by atoms with Crippen LogP contribution < -0.4 is 5.32 Å². The fourth-order valence-electron chi connectivity index (χ4n) is 1.86. The molecule has 2 N–H and O–H groups in total. The van der Waals surface area contributed by atoms with E-state index >= 15 is 0 Å². The Morgan fingerprint density at radius 2 is 2.00 bits per heavy atom. The highest BCUT2D eigenvalue weighted by atomic mass is 35.5. The molecule has 5 nitrogen and oxygen atoms in total. The van der Waals surface area contributed by atoms with Crippen molar-refractivity contribution in [3.05, 3.63) is 50.9 Å². The third-order valence-corrected chi connectivity index (χ3v) is 4.09. The van der Waals surface area contributed by atoms with Gasteiger partial charge in [-0.2, -0.15) is 0 Å². The molecule has 0 atom stereocenters. The second-order valence-electron chi connectivity index (χ2n) is 4.69. The van der Waals surface area contributed by atoms with E-state index in [1.165, 1.54) is 16.7 Å². The quantitative estimate of drug-likeness (QED) is 0.812. The van der Waals surface area contributed by atoms with Gasteiger partial charge in [-0.05, 0) is 30.5 Å². The summed E-state index contributed by atoms with van der Waals surface area (Å²) in [6, 6.07) is 7.56. The minimum Gasteiger partial charge on any atom is -0.476 e. The first-order valence-electron chi connectivity index (χ1n) is 6.73.